The van der Waals surface area contributed by atoms with Crippen LogP contribution in [0.3, 0.4) is 0 Å². The van der Waals surface area contributed by atoms with Crippen LogP contribution in [-0.2, 0) is 4.79 Å². The Morgan fingerprint density at radius 1 is 1.41 bits per heavy atom. The lowest BCUT2D eigenvalue weighted by Crippen LogP contribution is -2.44. The molecule has 4 heteroatoms. The largest absolute Gasteiger partial charge is 0.392 e. The summed E-state index contributed by atoms with van der Waals surface area (Å²) in [5.74, 6) is 0.784. The molecule has 1 rings (SSSR count). The molecule has 98 valence electrons. The van der Waals surface area contributed by atoms with Crippen LogP contribution in [0.1, 0.15) is 46.0 Å². The van der Waals surface area contributed by atoms with E-state index >= 15 is 0 Å². The van der Waals surface area contributed by atoms with Crippen LogP contribution in [0.2, 0.25) is 0 Å². The van der Waals surface area contributed by atoms with E-state index in [0.29, 0.717) is 17.5 Å². The van der Waals surface area contributed by atoms with Crippen molar-refractivity contribution in [3.63, 3.8) is 0 Å². The summed E-state index contributed by atoms with van der Waals surface area (Å²) in [4.78, 5) is 14.6. The van der Waals surface area contributed by atoms with E-state index < -0.39 is 0 Å². The highest BCUT2D eigenvalue weighted by Crippen LogP contribution is 2.44. The van der Waals surface area contributed by atoms with Gasteiger partial charge in [-0.1, -0.05) is 38.9 Å². The summed E-state index contributed by atoms with van der Waals surface area (Å²) in [7, 11) is 1.81. The van der Waals surface area contributed by atoms with Crippen molar-refractivity contribution in [1.82, 2.24) is 4.90 Å². The maximum absolute atomic E-state index is 12.5. The van der Waals surface area contributed by atoms with Crippen molar-refractivity contribution in [2.75, 3.05) is 13.6 Å². The molecular formula is C13H24N2OS. The van der Waals surface area contributed by atoms with Crippen LogP contribution in [0, 0.1) is 11.3 Å². The average molecular weight is 256 g/mol. The van der Waals surface area contributed by atoms with Gasteiger partial charge in [0, 0.05) is 12.5 Å². The van der Waals surface area contributed by atoms with Gasteiger partial charge < -0.3 is 10.6 Å². The minimum Gasteiger partial charge on any atom is -0.392 e. The molecular weight excluding hydrogens is 232 g/mol. The third-order valence-corrected chi connectivity index (χ3v) is 3.68. The second kappa shape index (κ2) is 5.80. The molecule has 1 fully saturated rings. The van der Waals surface area contributed by atoms with Gasteiger partial charge in [-0.05, 0) is 25.2 Å². The summed E-state index contributed by atoms with van der Waals surface area (Å²) in [5.41, 5.74) is 5.37. The molecule has 0 aromatic carbocycles. The van der Waals surface area contributed by atoms with Crippen LogP contribution in [0.4, 0.5) is 0 Å². The van der Waals surface area contributed by atoms with Gasteiger partial charge in [-0.15, -0.1) is 0 Å². The SMILES string of the molecule is CC(C)CC1(C(=O)N(C)CC(N)=S)CCCC1. The Hall–Kier alpha value is -0.640. The second-order valence-electron chi connectivity index (χ2n) is 5.71. The van der Waals surface area contributed by atoms with Crippen molar-refractivity contribution >= 4 is 23.1 Å². The lowest BCUT2D eigenvalue weighted by molar-refractivity contribution is -0.140. The standard InChI is InChI=1S/C13H24N2OS/c1-10(2)8-13(6-4-5-7-13)12(16)15(3)9-11(14)17/h10H,4-9H2,1-3H3,(H2,14,17). The molecule has 2 N–H and O–H groups in total. The number of rotatable bonds is 5. The number of hydrogen-bond acceptors (Lipinski definition) is 2. The molecule has 1 aliphatic carbocycles. The highest BCUT2D eigenvalue weighted by molar-refractivity contribution is 7.80. The first-order valence-electron chi connectivity index (χ1n) is 6.41. The lowest BCUT2D eigenvalue weighted by Gasteiger charge is -2.33. The first-order valence-corrected chi connectivity index (χ1v) is 6.82. The zero-order valence-electron chi connectivity index (χ0n) is 11.2. The topological polar surface area (TPSA) is 46.3 Å². The Bertz CT molecular complexity index is 296. The number of carbonyl (C=O) groups is 1. The number of hydrogen-bond donors (Lipinski definition) is 1. The van der Waals surface area contributed by atoms with E-state index in [1.807, 2.05) is 7.05 Å². The molecule has 0 aromatic rings. The van der Waals surface area contributed by atoms with Gasteiger partial charge in [-0.2, -0.15) is 0 Å². The van der Waals surface area contributed by atoms with E-state index in [9.17, 15) is 4.79 Å². The zero-order valence-corrected chi connectivity index (χ0v) is 12.0. The van der Waals surface area contributed by atoms with Crippen LogP contribution in [0.15, 0.2) is 0 Å². The molecule has 1 aliphatic rings. The lowest BCUT2D eigenvalue weighted by atomic mass is 9.77. The quantitative estimate of drug-likeness (QED) is 0.768. The van der Waals surface area contributed by atoms with Crippen LogP contribution in [0.25, 0.3) is 0 Å². The molecule has 0 bridgehead atoms. The van der Waals surface area contributed by atoms with Crippen molar-refractivity contribution in [2.24, 2.45) is 17.1 Å². The summed E-state index contributed by atoms with van der Waals surface area (Å²) in [6.45, 7) is 4.76. The number of likely N-dealkylation sites (N-methyl/N-ethyl adjacent to an activating group) is 1. The van der Waals surface area contributed by atoms with E-state index in [4.69, 9.17) is 18.0 Å². The highest BCUT2D eigenvalue weighted by Gasteiger charge is 2.42. The molecule has 1 saturated carbocycles. The van der Waals surface area contributed by atoms with Gasteiger partial charge in [0.2, 0.25) is 5.91 Å². The Labute approximate surface area is 110 Å². The number of carbonyl (C=O) groups excluding carboxylic acids is 1. The van der Waals surface area contributed by atoms with E-state index in [1.165, 1.54) is 12.8 Å². The molecule has 0 unspecified atom stereocenters. The smallest absolute Gasteiger partial charge is 0.228 e. The fourth-order valence-corrected chi connectivity index (χ4v) is 3.24. The third-order valence-electron chi connectivity index (χ3n) is 3.55. The highest BCUT2D eigenvalue weighted by atomic mass is 32.1. The summed E-state index contributed by atoms with van der Waals surface area (Å²) in [6.07, 6.45) is 5.35. The molecule has 0 aliphatic heterocycles. The Balaban J connectivity index is 2.76. The third kappa shape index (κ3) is 3.66. The fraction of sp³-hybridized carbons (Fsp3) is 0.846. The van der Waals surface area contributed by atoms with Crippen LogP contribution in [0.5, 0.6) is 0 Å². The van der Waals surface area contributed by atoms with Gasteiger partial charge in [0.25, 0.3) is 0 Å². The summed E-state index contributed by atoms with van der Waals surface area (Å²) < 4.78 is 0. The minimum atomic E-state index is -0.145. The summed E-state index contributed by atoms with van der Waals surface area (Å²) in [6, 6.07) is 0. The predicted molar refractivity (Wildman–Crippen MR) is 74.8 cm³/mol. The Morgan fingerprint density at radius 3 is 2.35 bits per heavy atom. The minimum absolute atomic E-state index is 0.145. The van der Waals surface area contributed by atoms with E-state index in [-0.39, 0.29) is 11.3 Å². The van der Waals surface area contributed by atoms with Gasteiger partial charge in [0.1, 0.15) is 0 Å². The first kappa shape index (κ1) is 14.4. The van der Waals surface area contributed by atoms with Crippen molar-refractivity contribution < 1.29 is 4.79 Å². The predicted octanol–water partition coefficient (Wildman–Crippen LogP) is 2.34. The van der Waals surface area contributed by atoms with Gasteiger partial charge in [-0.3, -0.25) is 4.79 Å². The molecule has 0 atom stereocenters. The number of nitrogens with zero attached hydrogens (tertiary/aromatic N) is 1. The van der Waals surface area contributed by atoms with E-state index in [1.54, 1.807) is 4.90 Å². The molecule has 0 saturated heterocycles. The zero-order chi connectivity index (χ0) is 13.1. The van der Waals surface area contributed by atoms with Gasteiger partial charge in [-0.25, -0.2) is 0 Å². The van der Waals surface area contributed by atoms with Crippen molar-refractivity contribution in [1.29, 1.82) is 0 Å². The Kier molecular flexibility index (Phi) is 4.92. The molecule has 1 amide bonds. The normalized spacial score (nSPS) is 18.4. The molecule has 0 heterocycles. The van der Waals surface area contributed by atoms with Crippen LogP contribution < -0.4 is 5.73 Å². The molecule has 0 aromatic heterocycles. The first-order chi connectivity index (χ1) is 7.87. The fourth-order valence-electron chi connectivity index (χ4n) is 3.05. The van der Waals surface area contributed by atoms with Crippen LogP contribution in [-0.4, -0.2) is 29.4 Å². The Morgan fingerprint density at radius 2 is 1.94 bits per heavy atom. The number of thiocarbonyl (C=S) groups is 1. The van der Waals surface area contributed by atoms with Gasteiger partial charge >= 0.3 is 0 Å². The molecule has 17 heavy (non-hydrogen) atoms. The molecule has 3 nitrogen and oxygen atoms in total. The number of nitrogens with two attached hydrogens (primary N) is 1. The summed E-state index contributed by atoms with van der Waals surface area (Å²) in [5, 5.41) is 0. The second-order valence-corrected chi connectivity index (χ2v) is 6.24. The van der Waals surface area contributed by atoms with Crippen molar-refractivity contribution in [3.05, 3.63) is 0 Å². The van der Waals surface area contributed by atoms with E-state index in [0.717, 1.165) is 19.3 Å². The van der Waals surface area contributed by atoms with Gasteiger partial charge in [0.15, 0.2) is 0 Å². The average Bonchev–Trinajstić information content (AvgIpc) is 2.64. The van der Waals surface area contributed by atoms with E-state index in [2.05, 4.69) is 13.8 Å². The maximum Gasteiger partial charge on any atom is 0.228 e. The van der Waals surface area contributed by atoms with Crippen LogP contribution >= 0.6 is 12.2 Å². The molecule has 0 spiro atoms. The van der Waals surface area contributed by atoms with Crippen molar-refractivity contribution in [3.8, 4) is 0 Å². The molecule has 0 radical (unpaired) electrons. The maximum atomic E-state index is 12.5. The number of amides is 1. The van der Waals surface area contributed by atoms with Gasteiger partial charge in [0.05, 0.1) is 11.5 Å². The van der Waals surface area contributed by atoms with Crippen molar-refractivity contribution in [2.45, 2.75) is 46.0 Å². The monoisotopic (exact) mass is 256 g/mol. The summed E-state index contributed by atoms with van der Waals surface area (Å²) >= 11 is 4.87.